The number of methoxy groups -OCH3 is 1. The number of pyridine rings is 2. The molecule has 0 saturated carbocycles. The lowest BCUT2D eigenvalue weighted by Gasteiger charge is -2.42. The van der Waals surface area contributed by atoms with Gasteiger partial charge >= 0.3 is 17.7 Å². The maximum absolute atomic E-state index is 15.5. The fourth-order valence-electron chi connectivity index (χ4n) is 10.8. The zero-order chi connectivity index (χ0) is 47.1. The molecule has 3 aromatic carbocycles. The Bertz CT molecular complexity index is 2920. The van der Waals surface area contributed by atoms with Gasteiger partial charge in [0.2, 0.25) is 11.8 Å². The molecule has 68 heavy (non-hydrogen) atoms. The molecule has 1 atom stereocenters. The number of amides is 4. The van der Waals surface area contributed by atoms with E-state index >= 15 is 4.39 Å². The van der Waals surface area contributed by atoms with E-state index < -0.39 is 5.92 Å². The quantitative estimate of drug-likeness (QED) is 0.132. The van der Waals surface area contributed by atoms with Crippen LogP contribution >= 0.6 is 0 Å². The van der Waals surface area contributed by atoms with E-state index in [2.05, 4.69) is 56.4 Å². The summed E-state index contributed by atoms with van der Waals surface area (Å²) >= 11 is 0. The molecule has 4 amide bonds. The maximum atomic E-state index is 15.5. The molecule has 15 nitrogen and oxygen atoms in total. The van der Waals surface area contributed by atoms with Gasteiger partial charge in [0.25, 0.3) is 0 Å². The number of benzene rings is 3. The number of aromatic nitrogens is 5. The number of nitrogens with zero attached hydrogens (tertiary/aromatic N) is 9. The Kier molecular flexibility index (Phi) is 12.4. The number of hydrogen-bond acceptors (Lipinski definition) is 10. The molecule has 4 aliphatic rings. The zero-order valence-electron chi connectivity index (χ0n) is 38.6. The van der Waals surface area contributed by atoms with Crippen molar-refractivity contribution in [2.45, 2.75) is 69.7 Å². The van der Waals surface area contributed by atoms with E-state index in [1.807, 2.05) is 48.5 Å². The molecule has 3 aromatic heterocycles. The Hall–Kier alpha value is -7.20. The van der Waals surface area contributed by atoms with E-state index in [0.29, 0.717) is 54.6 Å². The van der Waals surface area contributed by atoms with Gasteiger partial charge in [-0.25, -0.2) is 28.2 Å². The molecule has 0 spiro atoms. The first-order chi connectivity index (χ1) is 33.1. The van der Waals surface area contributed by atoms with Gasteiger partial charge in [0.05, 0.1) is 30.6 Å². The maximum Gasteiger partial charge on any atom is 0.353 e. The number of halogens is 1. The molecule has 7 heterocycles. The smallest absolute Gasteiger partial charge is 0.353 e. The van der Waals surface area contributed by atoms with Crippen LogP contribution in [0, 0.1) is 5.82 Å². The van der Waals surface area contributed by atoms with E-state index in [-0.39, 0.29) is 47.7 Å². The lowest BCUT2D eigenvalue weighted by atomic mass is 9.85. The highest BCUT2D eigenvalue weighted by Crippen LogP contribution is 2.41. The van der Waals surface area contributed by atoms with E-state index in [1.165, 1.54) is 22.4 Å². The summed E-state index contributed by atoms with van der Waals surface area (Å²) in [4.78, 5) is 68.8. The second kappa shape index (κ2) is 18.8. The van der Waals surface area contributed by atoms with Crippen LogP contribution in [0.4, 0.5) is 26.4 Å². The third-order valence-electron chi connectivity index (χ3n) is 14.4. The molecule has 1 N–H and O–H groups in total. The minimum atomic E-state index is -0.495. The molecular formula is C52H55FN10O5. The van der Waals surface area contributed by atoms with Crippen molar-refractivity contribution in [1.82, 2.24) is 34.5 Å². The van der Waals surface area contributed by atoms with Crippen molar-refractivity contribution in [2.24, 2.45) is 7.05 Å². The summed E-state index contributed by atoms with van der Waals surface area (Å²) in [5, 5.41) is 6.68. The summed E-state index contributed by atoms with van der Waals surface area (Å²) in [5.74, 6) is -0.633. The van der Waals surface area contributed by atoms with Gasteiger partial charge in [-0.05, 0) is 139 Å². The van der Waals surface area contributed by atoms with Gasteiger partial charge in [0, 0.05) is 69.3 Å². The number of rotatable bonds is 11. The SMILES string of the molecule is CCc1c(-c2ccc(-n3c(OC)nn(C)c3=O)cc2-c2ccc(N3CCC(N4CCC(c5ccc(C6CCC(=O)NC6=O)cc5F)CC4)CC3)cc2)ccnc1N1CCN(c2cccnc2)C1=O. The van der Waals surface area contributed by atoms with Crippen molar-refractivity contribution in [1.29, 1.82) is 0 Å². The molecule has 4 aliphatic heterocycles. The van der Waals surface area contributed by atoms with Gasteiger partial charge in [-0.2, -0.15) is 0 Å². The van der Waals surface area contributed by atoms with Gasteiger partial charge in [-0.3, -0.25) is 29.7 Å². The van der Waals surface area contributed by atoms with Crippen molar-refractivity contribution in [3.05, 3.63) is 130 Å². The highest BCUT2D eigenvalue weighted by Gasteiger charge is 2.35. The predicted octanol–water partition coefficient (Wildman–Crippen LogP) is 7.22. The number of piperidine rings is 3. The van der Waals surface area contributed by atoms with Crippen molar-refractivity contribution >= 4 is 35.0 Å². The summed E-state index contributed by atoms with van der Waals surface area (Å²) in [6.45, 7) is 6.72. The van der Waals surface area contributed by atoms with Crippen molar-refractivity contribution in [3.8, 4) is 34.0 Å². The molecule has 6 aromatic rings. The lowest BCUT2D eigenvalue weighted by molar-refractivity contribution is -0.134. The number of carbonyl (C=O) groups excluding carboxylic acids is 3. The highest BCUT2D eigenvalue weighted by molar-refractivity contribution is 6.06. The number of ether oxygens (including phenoxy) is 1. The Morgan fingerprint density at radius 3 is 2.24 bits per heavy atom. The molecule has 4 fully saturated rings. The first kappa shape index (κ1) is 44.6. The number of hydrogen-bond donors (Lipinski definition) is 1. The lowest BCUT2D eigenvalue weighted by Crippen LogP contribution is -2.47. The van der Waals surface area contributed by atoms with Crippen LogP contribution in [-0.4, -0.2) is 99.5 Å². The molecular weight excluding hydrogens is 864 g/mol. The number of nitrogens with one attached hydrogen (secondary N) is 1. The van der Waals surface area contributed by atoms with E-state index in [0.717, 1.165) is 91.1 Å². The molecule has 1 unspecified atom stereocenters. The number of imide groups is 1. The van der Waals surface area contributed by atoms with Gasteiger partial charge < -0.3 is 14.5 Å². The number of anilines is 3. The fourth-order valence-corrected chi connectivity index (χ4v) is 10.8. The summed E-state index contributed by atoms with van der Waals surface area (Å²) in [6, 6.07) is 25.9. The standard InChI is InChI=1S/C52H55FN10O5/c1-4-40-44(17-23-55-48(40)62-29-28-61(52(62)67)39-6-5-22-54-32-39)43-14-12-38(63-50(68-3)57-58(2)51(63)66)31-45(43)33-7-10-36(11-8-33)60-26-20-37(21-27-60)59-24-18-34(19-25-59)41-13-9-35(30-46(41)53)42-15-16-47(64)56-49(42)65/h5-14,17,22-23,30-32,34,37,42H,4,15-16,18-21,24-29H2,1-3H3,(H,56,64,65). The number of aryl methyl sites for hydroxylation is 1. The summed E-state index contributed by atoms with van der Waals surface area (Å²) in [5.41, 5.74) is 8.18. The number of likely N-dealkylation sites (tertiary alicyclic amines) is 1. The molecule has 0 radical (unpaired) electrons. The topological polar surface area (TPSA) is 151 Å². The molecule has 4 saturated heterocycles. The Labute approximate surface area is 394 Å². The van der Waals surface area contributed by atoms with Crippen LogP contribution in [0.5, 0.6) is 6.01 Å². The Balaban J connectivity index is 0.857. The van der Waals surface area contributed by atoms with Crippen molar-refractivity contribution in [2.75, 3.05) is 61.1 Å². The summed E-state index contributed by atoms with van der Waals surface area (Å²) < 4.78 is 23.8. The van der Waals surface area contributed by atoms with Gasteiger partial charge in [0.1, 0.15) is 11.6 Å². The highest BCUT2D eigenvalue weighted by atomic mass is 19.1. The van der Waals surface area contributed by atoms with Gasteiger partial charge in [0.15, 0.2) is 0 Å². The first-order valence-corrected chi connectivity index (χ1v) is 23.6. The molecule has 0 aliphatic carbocycles. The van der Waals surface area contributed by atoms with Gasteiger partial charge in [-0.1, -0.05) is 37.3 Å². The van der Waals surface area contributed by atoms with Crippen LogP contribution in [0.15, 0.2) is 102 Å². The second-order valence-electron chi connectivity index (χ2n) is 18.1. The monoisotopic (exact) mass is 918 g/mol. The Morgan fingerprint density at radius 1 is 0.765 bits per heavy atom. The number of urea groups is 1. The summed E-state index contributed by atoms with van der Waals surface area (Å²) in [7, 11) is 3.09. The average molecular weight is 919 g/mol. The molecule has 0 bridgehead atoms. The third-order valence-corrected chi connectivity index (χ3v) is 14.4. The zero-order valence-corrected chi connectivity index (χ0v) is 38.6. The number of carbonyl (C=O) groups is 3. The van der Waals surface area contributed by atoms with Crippen LogP contribution in [0.1, 0.15) is 74.0 Å². The molecule has 350 valence electrons. The van der Waals surface area contributed by atoms with Crippen molar-refractivity contribution in [3.63, 3.8) is 0 Å². The largest absolute Gasteiger partial charge is 0.467 e. The van der Waals surface area contributed by atoms with Crippen LogP contribution in [-0.2, 0) is 23.1 Å². The Morgan fingerprint density at radius 2 is 1.53 bits per heavy atom. The van der Waals surface area contributed by atoms with E-state index in [4.69, 9.17) is 9.72 Å². The van der Waals surface area contributed by atoms with E-state index in [9.17, 15) is 19.2 Å². The molecule has 10 rings (SSSR count). The first-order valence-electron chi connectivity index (χ1n) is 23.6. The van der Waals surface area contributed by atoms with Crippen LogP contribution < -0.4 is 30.4 Å². The average Bonchev–Trinajstić information content (AvgIpc) is 3.90. The minimum absolute atomic E-state index is 0.126. The van der Waals surface area contributed by atoms with Crippen LogP contribution in [0.2, 0.25) is 0 Å². The van der Waals surface area contributed by atoms with Crippen molar-refractivity contribution < 1.29 is 23.5 Å². The second-order valence-corrected chi connectivity index (χ2v) is 18.1. The van der Waals surface area contributed by atoms with E-state index in [1.54, 1.807) is 35.4 Å². The van der Waals surface area contributed by atoms with Crippen LogP contribution in [0.3, 0.4) is 0 Å². The fraction of sp³-hybridized carbons (Fsp3) is 0.365. The van der Waals surface area contributed by atoms with Gasteiger partial charge in [-0.15, -0.1) is 5.10 Å². The summed E-state index contributed by atoms with van der Waals surface area (Å²) in [6.07, 6.45) is 10.3. The minimum Gasteiger partial charge on any atom is -0.467 e. The normalized spacial score (nSPS) is 18.7. The molecule has 16 heteroatoms. The predicted molar refractivity (Wildman–Crippen MR) is 258 cm³/mol. The van der Waals surface area contributed by atoms with Crippen LogP contribution in [0.25, 0.3) is 27.9 Å². The third kappa shape index (κ3) is 8.41.